The molecule has 4 heterocycles. The Balaban J connectivity index is 0.000000318. The van der Waals surface area contributed by atoms with E-state index >= 15 is 0 Å². The minimum Gasteiger partial charge on any atom is -0.379 e. The number of rotatable bonds is 2. The summed E-state index contributed by atoms with van der Waals surface area (Å²) in [5.41, 5.74) is 4.11. The Morgan fingerprint density at radius 1 is 1.03 bits per heavy atom. The van der Waals surface area contributed by atoms with E-state index in [0.29, 0.717) is 22.5 Å². The van der Waals surface area contributed by atoms with Crippen LogP contribution in [0, 0.1) is 11.8 Å². The molecule has 0 amide bonds. The molecule has 0 atom stereocenters. The molecule has 166 valence electrons. The monoisotopic (exact) mass is 441 g/mol. The molecule has 0 unspecified atom stereocenters. The molecule has 4 aromatic rings. The summed E-state index contributed by atoms with van der Waals surface area (Å²) in [4.78, 5) is 31.0. The van der Waals surface area contributed by atoms with Crippen molar-refractivity contribution in [1.82, 2.24) is 24.5 Å². The number of hydrogen-bond acceptors (Lipinski definition) is 6. The number of benzene rings is 1. The van der Waals surface area contributed by atoms with E-state index in [-0.39, 0.29) is 5.56 Å². The van der Waals surface area contributed by atoms with Crippen LogP contribution in [0.2, 0.25) is 0 Å². The van der Waals surface area contributed by atoms with Gasteiger partial charge in [-0.3, -0.25) is 9.59 Å². The summed E-state index contributed by atoms with van der Waals surface area (Å²) in [5, 5.41) is 4.59. The zero-order valence-electron chi connectivity index (χ0n) is 18.2. The van der Waals surface area contributed by atoms with Crippen LogP contribution in [0.4, 0.5) is 0 Å². The highest BCUT2D eigenvalue weighted by molar-refractivity contribution is 5.76. The smallest absolute Gasteiger partial charge is 0.247 e. The minimum absolute atomic E-state index is 0.169. The third-order valence-corrected chi connectivity index (χ3v) is 5.06. The molecule has 1 aliphatic heterocycles. The molecular weight excluding hydrogens is 418 g/mol. The number of H-pyrrole nitrogens is 1. The van der Waals surface area contributed by atoms with Crippen molar-refractivity contribution in [2.45, 2.75) is 0 Å². The quantitative estimate of drug-likeness (QED) is 0.379. The maximum Gasteiger partial charge on any atom is 0.247 e. The predicted molar refractivity (Wildman–Crippen MR) is 125 cm³/mol. The van der Waals surface area contributed by atoms with Crippen LogP contribution in [0.25, 0.3) is 16.9 Å². The fourth-order valence-corrected chi connectivity index (χ4v) is 3.12. The molecule has 8 heteroatoms. The first-order valence-electron chi connectivity index (χ1n) is 10.5. The molecule has 0 bridgehead atoms. The van der Waals surface area contributed by atoms with Crippen molar-refractivity contribution in [1.29, 1.82) is 0 Å². The number of nitrogens with one attached hydrogen (secondary N) is 1. The number of carbonyl (C=O) groups is 1. The number of morpholine rings is 1. The van der Waals surface area contributed by atoms with Crippen molar-refractivity contribution in [3.63, 3.8) is 0 Å². The number of pyridine rings is 1. The van der Waals surface area contributed by atoms with Crippen LogP contribution in [0.3, 0.4) is 0 Å². The third-order valence-electron chi connectivity index (χ3n) is 5.06. The van der Waals surface area contributed by atoms with Gasteiger partial charge in [-0.05, 0) is 31.2 Å². The number of ether oxygens (including phenoxy) is 1. The van der Waals surface area contributed by atoms with Gasteiger partial charge in [0.15, 0.2) is 5.65 Å². The van der Waals surface area contributed by atoms with Crippen LogP contribution in [0.15, 0.2) is 65.7 Å². The first-order chi connectivity index (χ1) is 16.1. The number of hydrogen-bond donors (Lipinski definition) is 1. The summed E-state index contributed by atoms with van der Waals surface area (Å²) < 4.78 is 6.77. The molecule has 1 aliphatic rings. The third kappa shape index (κ3) is 5.80. The maximum atomic E-state index is 11.1. The zero-order valence-corrected chi connectivity index (χ0v) is 18.2. The highest BCUT2D eigenvalue weighted by Crippen LogP contribution is 2.18. The van der Waals surface area contributed by atoms with E-state index in [4.69, 9.17) is 4.74 Å². The van der Waals surface area contributed by atoms with Gasteiger partial charge >= 0.3 is 0 Å². The van der Waals surface area contributed by atoms with Crippen molar-refractivity contribution in [3.05, 3.63) is 88.1 Å². The van der Waals surface area contributed by atoms with E-state index in [1.807, 2.05) is 24.3 Å². The van der Waals surface area contributed by atoms with Gasteiger partial charge in [-0.15, -0.1) is 0 Å². The standard InChI is InChI=1S/C20H12N4O2.C5H11NO/c25-13-15-1-5-16(6-2-15)18-8-9-19-21-12-17(24(19)23-18)7-3-14-4-10-20(26)22-11-14;1-6-2-4-7-5-3-6/h1-2,4-6,8-13H,(H,22,26);2-5H2,1H3. The van der Waals surface area contributed by atoms with Gasteiger partial charge in [0.05, 0.1) is 25.1 Å². The highest BCUT2D eigenvalue weighted by atomic mass is 16.5. The lowest BCUT2D eigenvalue weighted by Gasteiger charge is -2.21. The number of fused-ring (bicyclic) bond motifs is 1. The second kappa shape index (κ2) is 10.5. The summed E-state index contributed by atoms with van der Waals surface area (Å²) in [6.07, 6.45) is 4.02. The number of likely N-dealkylation sites (N-methyl/N-ethyl adjacent to an activating group) is 1. The van der Waals surface area contributed by atoms with Gasteiger partial charge in [0.2, 0.25) is 5.56 Å². The fraction of sp³-hybridized carbons (Fsp3) is 0.200. The molecule has 1 fully saturated rings. The lowest BCUT2D eigenvalue weighted by Crippen LogP contribution is -2.32. The average Bonchev–Trinajstić information content (AvgIpc) is 3.27. The molecular formula is C25H23N5O3. The highest BCUT2D eigenvalue weighted by Gasteiger charge is 2.06. The van der Waals surface area contributed by atoms with E-state index in [2.05, 4.69) is 38.9 Å². The van der Waals surface area contributed by atoms with Crippen LogP contribution >= 0.6 is 0 Å². The number of carbonyl (C=O) groups excluding carboxylic acids is 1. The van der Waals surface area contributed by atoms with E-state index in [9.17, 15) is 9.59 Å². The van der Waals surface area contributed by atoms with Gasteiger partial charge in [-0.2, -0.15) is 5.10 Å². The van der Waals surface area contributed by atoms with Crippen molar-refractivity contribution in [2.24, 2.45) is 0 Å². The first-order valence-corrected chi connectivity index (χ1v) is 10.5. The molecule has 3 aromatic heterocycles. The van der Waals surface area contributed by atoms with Gasteiger partial charge in [-0.1, -0.05) is 30.2 Å². The Labute approximate surface area is 190 Å². The van der Waals surface area contributed by atoms with Crippen molar-refractivity contribution < 1.29 is 9.53 Å². The number of aromatic amines is 1. The zero-order chi connectivity index (χ0) is 23.0. The van der Waals surface area contributed by atoms with Crippen LogP contribution in [0.5, 0.6) is 0 Å². The first kappa shape index (κ1) is 22.1. The molecule has 1 N–H and O–H groups in total. The normalized spacial score (nSPS) is 13.5. The molecule has 0 aliphatic carbocycles. The minimum atomic E-state index is -0.169. The number of aromatic nitrogens is 4. The summed E-state index contributed by atoms with van der Waals surface area (Å²) in [5.74, 6) is 6.00. The number of nitrogens with zero attached hydrogens (tertiary/aromatic N) is 4. The van der Waals surface area contributed by atoms with E-state index in [1.54, 1.807) is 35.1 Å². The summed E-state index contributed by atoms with van der Waals surface area (Å²) in [7, 11) is 2.11. The second-order valence-corrected chi connectivity index (χ2v) is 7.48. The molecule has 1 aromatic carbocycles. The van der Waals surface area contributed by atoms with Gasteiger partial charge in [0.1, 0.15) is 12.0 Å². The fourth-order valence-electron chi connectivity index (χ4n) is 3.12. The maximum absolute atomic E-state index is 11.1. The molecule has 5 rings (SSSR count). The van der Waals surface area contributed by atoms with Crippen LogP contribution < -0.4 is 5.56 Å². The van der Waals surface area contributed by atoms with Crippen molar-refractivity contribution in [2.75, 3.05) is 33.4 Å². The van der Waals surface area contributed by atoms with E-state index in [1.165, 1.54) is 6.07 Å². The largest absolute Gasteiger partial charge is 0.379 e. The van der Waals surface area contributed by atoms with Crippen LogP contribution in [-0.4, -0.2) is 64.1 Å². The van der Waals surface area contributed by atoms with Crippen LogP contribution in [-0.2, 0) is 4.74 Å². The summed E-state index contributed by atoms with van der Waals surface area (Å²) in [6.45, 7) is 4.02. The predicted octanol–water partition coefficient (Wildman–Crippen LogP) is 2.25. The Hall–Kier alpha value is -4.06. The Bertz CT molecular complexity index is 1340. The summed E-state index contributed by atoms with van der Waals surface area (Å²) >= 11 is 0. The van der Waals surface area contributed by atoms with Crippen molar-refractivity contribution >= 4 is 11.9 Å². The second-order valence-electron chi connectivity index (χ2n) is 7.48. The SMILES string of the molecule is CN1CCOCC1.O=Cc1ccc(-c2ccc3ncc(C#Cc4ccc(=O)[nH]c4)n3n2)cc1. The van der Waals surface area contributed by atoms with E-state index < -0.39 is 0 Å². The van der Waals surface area contributed by atoms with Gasteiger partial charge in [-0.25, -0.2) is 9.50 Å². The molecule has 33 heavy (non-hydrogen) atoms. The lowest BCUT2D eigenvalue weighted by atomic mass is 10.1. The average molecular weight is 441 g/mol. The Morgan fingerprint density at radius 2 is 1.82 bits per heavy atom. The topological polar surface area (TPSA) is 92.6 Å². The Morgan fingerprint density at radius 3 is 2.45 bits per heavy atom. The number of aldehydes is 1. The molecule has 1 saturated heterocycles. The lowest BCUT2D eigenvalue weighted by molar-refractivity contribution is 0.0503. The molecule has 0 spiro atoms. The van der Waals surface area contributed by atoms with Gasteiger partial charge in [0.25, 0.3) is 0 Å². The van der Waals surface area contributed by atoms with Crippen molar-refractivity contribution in [3.8, 4) is 23.1 Å². The Kier molecular flexibility index (Phi) is 7.05. The molecule has 0 saturated carbocycles. The number of imidazole rings is 1. The van der Waals surface area contributed by atoms with Gasteiger partial charge in [0, 0.05) is 42.0 Å². The van der Waals surface area contributed by atoms with Gasteiger partial charge < -0.3 is 14.6 Å². The molecule has 8 nitrogen and oxygen atoms in total. The van der Waals surface area contributed by atoms with Crippen LogP contribution in [0.1, 0.15) is 21.6 Å². The molecule has 0 radical (unpaired) electrons. The summed E-state index contributed by atoms with van der Waals surface area (Å²) in [6, 6.07) is 14.0. The van der Waals surface area contributed by atoms with E-state index in [0.717, 1.165) is 43.8 Å².